The van der Waals surface area contributed by atoms with Crippen molar-refractivity contribution in [2.24, 2.45) is 16.1 Å². The molecule has 0 aliphatic carbocycles. The summed E-state index contributed by atoms with van der Waals surface area (Å²) in [7, 11) is 3.22. The fourth-order valence-corrected chi connectivity index (χ4v) is 2.67. The molecule has 0 fully saturated rings. The van der Waals surface area contributed by atoms with Gasteiger partial charge in [0.05, 0.1) is 20.8 Å². The summed E-state index contributed by atoms with van der Waals surface area (Å²) in [4.78, 5) is 4.38. The third kappa shape index (κ3) is 7.27. The van der Waals surface area contributed by atoms with Crippen LogP contribution < -0.4 is 20.5 Å². The van der Waals surface area contributed by atoms with Gasteiger partial charge in [0.2, 0.25) is 0 Å². The molecule has 0 heterocycles. The van der Waals surface area contributed by atoms with Gasteiger partial charge in [-0.25, -0.2) is 4.99 Å². The van der Waals surface area contributed by atoms with Crippen molar-refractivity contribution in [2.45, 2.75) is 39.7 Å². The van der Waals surface area contributed by atoms with E-state index < -0.39 is 0 Å². The third-order valence-corrected chi connectivity index (χ3v) is 4.67. The summed E-state index contributed by atoms with van der Waals surface area (Å²) in [5.74, 6) is 1.78. The molecule has 0 saturated carbocycles. The molecule has 0 radical (unpaired) electrons. The first-order valence-electron chi connectivity index (χ1n) is 8.39. The number of aliphatic hydroxyl groups excluding tert-OH is 1. The van der Waals surface area contributed by atoms with Gasteiger partial charge in [-0.3, -0.25) is 0 Å². The van der Waals surface area contributed by atoms with E-state index in [4.69, 9.17) is 15.2 Å². The molecule has 0 amide bonds. The lowest BCUT2D eigenvalue weighted by atomic mass is 9.79. The first kappa shape index (κ1) is 23.8. The standard InChI is InChI=1S/C18H31N3O3.HI/c1-5-18(6-2,9-10-22)13-21-17(19)20-12-14-7-8-15(23-3)16(11-14)24-4;/h7-8,11,22H,5-6,9-10,12-13H2,1-4H3,(H3,19,20,21);1H. The smallest absolute Gasteiger partial charge is 0.188 e. The van der Waals surface area contributed by atoms with E-state index in [1.807, 2.05) is 18.2 Å². The molecule has 0 aromatic heterocycles. The number of aliphatic hydroxyl groups is 1. The van der Waals surface area contributed by atoms with E-state index in [-0.39, 0.29) is 36.0 Å². The van der Waals surface area contributed by atoms with Crippen LogP contribution in [0.5, 0.6) is 11.5 Å². The van der Waals surface area contributed by atoms with E-state index in [0.29, 0.717) is 30.5 Å². The highest BCUT2D eigenvalue weighted by Gasteiger charge is 2.25. The number of nitrogens with zero attached hydrogens (tertiary/aromatic N) is 1. The second kappa shape index (κ2) is 12.2. The van der Waals surface area contributed by atoms with Crippen molar-refractivity contribution in [3.8, 4) is 11.5 Å². The van der Waals surface area contributed by atoms with Crippen LogP contribution in [0.2, 0.25) is 0 Å². The number of hydrogen-bond acceptors (Lipinski definition) is 4. The Labute approximate surface area is 168 Å². The van der Waals surface area contributed by atoms with Crippen molar-refractivity contribution >= 4 is 29.9 Å². The Bertz CT molecular complexity index is 534. The number of benzene rings is 1. The summed E-state index contributed by atoms with van der Waals surface area (Å²) in [6, 6.07) is 5.68. The largest absolute Gasteiger partial charge is 0.493 e. The zero-order valence-corrected chi connectivity index (χ0v) is 18.0. The number of ether oxygens (including phenoxy) is 2. The Morgan fingerprint density at radius 2 is 1.84 bits per heavy atom. The fourth-order valence-electron chi connectivity index (χ4n) is 2.67. The number of halogens is 1. The van der Waals surface area contributed by atoms with E-state index in [1.165, 1.54) is 0 Å². The molecule has 0 aliphatic rings. The Morgan fingerprint density at radius 3 is 2.36 bits per heavy atom. The first-order chi connectivity index (χ1) is 11.5. The highest BCUT2D eigenvalue weighted by Crippen LogP contribution is 2.29. The molecule has 0 bridgehead atoms. The maximum absolute atomic E-state index is 9.26. The summed E-state index contributed by atoms with van der Waals surface area (Å²) in [5, 5.41) is 12.5. The molecule has 6 nitrogen and oxygen atoms in total. The van der Waals surface area contributed by atoms with Gasteiger partial charge in [-0.1, -0.05) is 19.9 Å². The topological polar surface area (TPSA) is 89.1 Å². The van der Waals surface area contributed by atoms with Crippen LogP contribution in [0, 0.1) is 5.41 Å². The van der Waals surface area contributed by atoms with Crippen molar-refractivity contribution in [1.82, 2.24) is 5.32 Å². The number of hydrogen-bond donors (Lipinski definition) is 3. The third-order valence-electron chi connectivity index (χ3n) is 4.67. The summed E-state index contributed by atoms with van der Waals surface area (Å²) < 4.78 is 10.5. The SMILES string of the molecule is CCC(CC)(CCO)CNC(N)=NCc1ccc(OC)c(OC)c1.I. The van der Waals surface area contributed by atoms with E-state index in [2.05, 4.69) is 24.2 Å². The van der Waals surface area contributed by atoms with Crippen molar-refractivity contribution in [2.75, 3.05) is 27.4 Å². The lowest BCUT2D eigenvalue weighted by molar-refractivity contribution is 0.170. The second-order valence-electron chi connectivity index (χ2n) is 5.93. The van der Waals surface area contributed by atoms with Crippen molar-refractivity contribution in [3.05, 3.63) is 23.8 Å². The molecule has 1 aromatic carbocycles. The number of nitrogens with two attached hydrogens (primary N) is 1. The lowest BCUT2D eigenvalue weighted by Crippen LogP contribution is -2.41. The average molecular weight is 465 g/mol. The molecule has 0 atom stereocenters. The van der Waals surface area contributed by atoms with Crippen LogP contribution >= 0.6 is 24.0 Å². The number of methoxy groups -OCH3 is 2. The summed E-state index contributed by atoms with van der Waals surface area (Å²) in [6.07, 6.45) is 2.73. The molecule has 4 N–H and O–H groups in total. The van der Waals surface area contributed by atoms with E-state index in [9.17, 15) is 5.11 Å². The molecule has 0 aliphatic heterocycles. The van der Waals surface area contributed by atoms with Crippen LogP contribution in [0.15, 0.2) is 23.2 Å². The van der Waals surface area contributed by atoms with Crippen molar-refractivity contribution in [3.63, 3.8) is 0 Å². The molecule has 0 spiro atoms. The Kier molecular flexibility index (Phi) is 11.6. The minimum absolute atomic E-state index is 0. The highest BCUT2D eigenvalue weighted by molar-refractivity contribution is 14.0. The number of nitrogens with one attached hydrogen (secondary N) is 1. The minimum atomic E-state index is 0. The number of rotatable bonds is 10. The molecule has 25 heavy (non-hydrogen) atoms. The van der Waals surface area contributed by atoms with Gasteiger partial charge in [0.25, 0.3) is 0 Å². The van der Waals surface area contributed by atoms with Crippen molar-refractivity contribution in [1.29, 1.82) is 0 Å². The van der Waals surface area contributed by atoms with Crippen LogP contribution in [-0.4, -0.2) is 38.4 Å². The summed E-state index contributed by atoms with van der Waals surface area (Å²) in [6.45, 7) is 5.63. The molecule has 144 valence electrons. The van der Waals surface area contributed by atoms with Gasteiger partial charge in [-0.05, 0) is 42.4 Å². The lowest BCUT2D eigenvalue weighted by Gasteiger charge is -2.31. The van der Waals surface area contributed by atoms with Crippen LogP contribution in [0.25, 0.3) is 0 Å². The van der Waals surface area contributed by atoms with Crippen LogP contribution in [0.3, 0.4) is 0 Å². The van der Waals surface area contributed by atoms with E-state index in [0.717, 1.165) is 24.8 Å². The minimum Gasteiger partial charge on any atom is -0.493 e. The van der Waals surface area contributed by atoms with Gasteiger partial charge in [-0.2, -0.15) is 0 Å². The monoisotopic (exact) mass is 465 g/mol. The quantitative estimate of drug-likeness (QED) is 0.281. The van der Waals surface area contributed by atoms with Gasteiger partial charge in [0.1, 0.15) is 0 Å². The predicted molar refractivity (Wildman–Crippen MR) is 113 cm³/mol. The second-order valence-corrected chi connectivity index (χ2v) is 5.93. The van der Waals surface area contributed by atoms with Gasteiger partial charge < -0.3 is 25.6 Å². The molecule has 1 aromatic rings. The summed E-state index contributed by atoms with van der Waals surface area (Å²) >= 11 is 0. The maximum Gasteiger partial charge on any atom is 0.188 e. The fraction of sp³-hybridized carbons (Fsp3) is 0.611. The van der Waals surface area contributed by atoms with Crippen LogP contribution in [-0.2, 0) is 6.54 Å². The van der Waals surface area contributed by atoms with Gasteiger partial charge in [0.15, 0.2) is 17.5 Å². The van der Waals surface area contributed by atoms with Gasteiger partial charge in [-0.15, -0.1) is 24.0 Å². The zero-order valence-electron chi connectivity index (χ0n) is 15.7. The van der Waals surface area contributed by atoms with Gasteiger partial charge in [0, 0.05) is 13.2 Å². The normalized spacial score (nSPS) is 11.6. The Balaban J connectivity index is 0.00000576. The molecular weight excluding hydrogens is 433 g/mol. The van der Waals surface area contributed by atoms with E-state index in [1.54, 1.807) is 14.2 Å². The molecule has 0 unspecified atom stereocenters. The molecule has 1 rings (SSSR count). The van der Waals surface area contributed by atoms with Crippen molar-refractivity contribution < 1.29 is 14.6 Å². The zero-order chi connectivity index (χ0) is 18.0. The number of guanidine groups is 1. The Morgan fingerprint density at radius 1 is 1.20 bits per heavy atom. The first-order valence-corrected chi connectivity index (χ1v) is 8.39. The molecule has 0 saturated heterocycles. The van der Waals surface area contributed by atoms with Crippen LogP contribution in [0.1, 0.15) is 38.7 Å². The summed E-state index contributed by atoms with van der Waals surface area (Å²) in [5.41, 5.74) is 7.03. The van der Waals surface area contributed by atoms with E-state index >= 15 is 0 Å². The Hall–Kier alpha value is -1.22. The number of aliphatic imine (C=N–C) groups is 1. The predicted octanol–water partition coefficient (Wildman–Crippen LogP) is 2.91. The average Bonchev–Trinajstić information content (AvgIpc) is 2.63. The molecular formula is C18H32IN3O3. The highest BCUT2D eigenvalue weighted by atomic mass is 127. The molecule has 7 heteroatoms. The van der Waals surface area contributed by atoms with Crippen LogP contribution in [0.4, 0.5) is 0 Å². The maximum atomic E-state index is 9.26. The van der Waals surface area contributed by atoms with Gasteiger partial charge >= 0.3 is 0 Å².